The molecule has 1 unspecified atom stereocenters. The Balaban J connectivity index is 1.74. The number of hydrogen-bond donors (Lipinski definition) is 1. The molecule has 1 atom stereocenters. The Bertz CT molecular complexity index is 541. The molecule has 19 heavy (non-hydrogen) atoms. The predicted molar refractivity (Wildman–Crippen MR) is 77.2 cm³/mol. The Morgan fingerprint density at radius 2 is 2.11 bits per heavy atom. The quantitative estimate of drug-likeness (QED) is 0.889. The molecule has 3 rings (SSSR count). The SMILES string of the molecule is CC(NCc1ccccc1-n1cccn1)C1(C)CC1. The van der Waals surface area contributed by atoms with E-state index in [4.69, 9.17) is 0 Å². The number of aromatic nitrogens is 2. The second-order valence-corrected chi connectivity index (χ2v) is 5.84. The van der Waals surface area contributed by atoms with Gasteiger partial charge >= 0.3 is 0 Å². The first-order chi connectivity index (χ1) is 9.19. The molecule has 100 valence electrons. The van der Waals surface area contributed by atoms with E-state index in [2.05, 4.69) is 48.5 Å². The fraction of sp³-hybridized carbons (Fsp3) is 0.438. The van der Waals surface area contributed by atoms with Gasteiger partial charge in [-0.15, -0.1) is 0 Å². The molecule has 1 aromatic carbocycles. The fourth-order valence-electron chi connectivity index (χ4n) is 2.43. The Hall–Kier alpha value is -1.61. The van der Waals surface area contributed by atoms with Crippen LogP contribution in [0.25, 0.3) is 5.69 Å². The van der Waals surface area contributed by atoms with E-state index >= 15 is 0 Å². The molecule has 1 N–H and O–H groups in total. The van der Waals surface area contributed by atoms with E-state index in [0.717, 1.165) is 12.2 Å². The van der Waals surface area contributed by atoms with Crippen molar-refractivity contribution in [2.24, 2.45) is 5.41 Å². The maximum atomic E-state index is 4.32. The summed E-state index contributed by atoms with van der Waals surface area (Å²) in [7, 11) is 0. The van der Waals surface area contributed by atoms with E-state index in [1.54, 1.807) is 0 Å². The zero-order chi connectivity index (χ0) is 13.3. The Morgan fingerprint density at radius 1 is 1.32 bits per heavy atom. The zero-order valence-corrected chi connectivity index (χ0v) is 11.6. The van der Waals surface area contributed by atoms with Gasteiger partial charge in [0.2, 0.25) is 0 Å². The number of nitrogens with one attached hydrogen (secondary N) is 1. The molecule has 3 nitrogen and oxygen atoms in total. The Kier molecular flexibility index (Phi) is 3.15. The average Bonchev–Trinajstić information content (AvgIpc) is 2.97. The van der Waals surface area contributed by atoms with Gasteiger partial charge in [-0.3, -0.25) is 0 Å². The lowest BCUT2D eigenvalue weighted by atomic mass is 10.0. The molecular formula is C16H21N3. The number of hydrogen-bond acceptors (Lipinski definition) is 2. The molecular weight excluding hydrogens is 234 g/mol. The van der Waals surface area contributed by atoms with Gasteiger partial charge in [-0.05, 0) is 42.9 Å². The minimum absolute atomic E-state index is 0.515. The third kappa shape index (κ3) is 2.56. The van der Waals surface area contributed by atoms with Crippen LogP contribution in [-0.4, -0.2) is 15.8 Å². The molecule has 1 aliphatic rings. The molecule has 0 spiro atoms. The van der Waals surface area contributed by atoms with Crippen LogP contribution in [0.5, 0.6) is 0 Å². The van der Waals surface area contributed by atoms with Crippen LogP contribution in [-0.2, 0) is 6.54 Å². The summed E-state index contributed by atoms with van der Waals surface area (Å²) in [6.45, 7) is 5.56. The summed E-state index contributed by atoms with van der Waals surface area (Å²) >= 11 is 0. The minimum atomic E-state index is 0.515. The largest absolute Gasteiger partial charge is 0.310 e. The lowest BCUT2D eigenvalue weighted by Crippen LogP contribution is -2.33. The van der Waals surface area contributed by atoms with Crippen LogP contribution >= 0.6 is 0 Å². The molecule has 1 saturated carbocycles. The maximum absolute atomic E-state index is 4.32. The molecule has 0 amide bonds. The second kappa shape index (κ2) is 4.82. The molecule has 1 aromatic heterocycles. The highest BCUT2D eigenvalue weighted by molar-refractivity contribution is 5.40. The zero-order valence-electron chi connectivity index (χ0n) is 11.6. The summed E-state index contributed by atoms with van der Waals surface area (Å²) in [5.41, 5.74) is 2.97. The second-order valence-electron chi connectivity index (χ2n) is 5.84. The number of nitrogens with zero attached hydrogens (tertiary/aromatic N) is 2. The van der Waals surface area contributed by atoms with E-state index in [1.165, 1.54) is 18.4 Å². The summed E-state index contributed by atoms with van der Waals surface area (Å²) in [4.78, 5) is 0. The summed E-state index contributed by atoms with van der Waals surface area (Å²) < 4.78 is 1.93. The van der Waals surface area contributed by atoms with Crippen LogP contribution in [0.2, 0.25) is 0 Å². The van der Waals surface area contributed by atoms with Gasteiger partial charge in [0.05, 0.1) is 5.69 Å². The Labute approximate surface area is 114 Å². The van der Waals surface area contributed by atoms with Gasteiger partial charge in [0.25, 0.3) is 0 Å². The number of benzene rings is 1. The topological polar surface area (TPSA) is 29.9 Å². The van der Waals surface area contributed by atoms with Crippen molar-refractivity contribution in [3.8, 4) is 5.69 Å². The van der Waals surface area contributed by atoms with Crippen LogP contribution in [0.1, 0.15) is 32.3 Å². The monoisotopic (exact) mass is 255 g/mol. The van der Waals surface area contributed by atoms with Gasteiger partial charge in [-0.25, -0.2) is 4.68 Å². The van der Waals surface area contributed by atoms with Crippen molar-refractivity contribution in [1.29, 1.82) is 0 Å². The summed E-state index contributed by atoms with van der Waals surface area (Å²) in [5, 5.41) is 7.99. The lowest BCUT2D eigenvalue weighted by molar-refractivity contribution is 0.379. The van der Waals surface area contributed by atoms with Gasteiger partial charge < -0.3 is 5.32 Å². The third-order valence-corrected chi connectivity index (χ3v) is 4.43. The van der Waals surface area contributed by atoms with Crippen LogP contribution in [0.15, 0.2) is 42.7 Å². The van der Waals surface area contributed by atoms with E-state index in [9.17, 15) is 0 Å². The van der Waals surface area contributed by atoms with Crippen molar-refractivity contribution in [2.45, 2.75) is 39.3 Å². The van der Waals surface area contributed by atoms with Crippen LogP contribution in [0.4, 0.5) is 0 Å². The van der Waals surface area contributed by atoms with Gasteiger partial charge in [-0.1, -0.05) is 25.1 Å². The first-order valence-corrected chi connectivity index (χ1v) is 7.00. The summed E-state index contributed by atoms with van der Waals surface area (Å²) in [5.74, 6) is 0. The predicted octanol–water partition coefficient (Wildman–Crippen LogP) is 3.15. The van der Waals surface area contributed by atoms with Gasteiger partial charge in [0.15, 0.2) is 0 Å². The number of rotatable bonds is 5. The molecule has 0 radical (unpaired) electrons. The van der Waals surface area contributed by atoms with Crippen molar-refractivity contribution in [3.63, 3.8) is 0 Å². The first kappa shape index (κ1) is 12.4. The van der Waals surface area contributed by atoms with E-state index in [-0.39, 0.29) is 0 Å². The van der Waals surface area contributed by atoms with Crippen LogP contribution in [0, 0.1) is 5.41 Å². The summed E-state index contributed by atoms with van der Waals surface area (Å²) in [6, 6.07) is 11.0. The molecule has 3 heteroatoms. The molecule has 2 aromatic rings. The highest BCUT2D eigenvalue weighted by atomic mass is 15.3. The minimum Gasteiger partial charge on any atom is -0.310 e. The molecule has 0 saturated heterocycles. The van der Waals surface area contributed by atoms with Crippen molar-refractivity contribution in [3.05, 3.63) is 48.3 Å². The molecule has 0 aliphatic heterocycles. The van der Waals surface area contributed by atoms with E-state index in [0.29, 0.717) is 11.5 Å². The smallest absolute Gasteiger partial charge is 0.0690 e. The molecule has 0 bridgehead atoms. The van der Waals surface area contributed by atoms with Gasteiger partial charge in [-0.2, -0.15) is 5.10 Å². The van der Waals surface area contributed by atoms with Gasteiger partial charge in [0, 0.05) is 25.0 Å². The number of para-hydroxylation sites is 1. The molecule has 1 heterocycles. The molecule has 1 aliphatic carbocycles. The lowest BCUT2D eigenvalue weighted by Gasteiger charge is -2.21. The van der Waals surface area contributed by atoms with Crippen molar-refractivity contribution in [1.82, 2.24) is 15.1 Å². The van der Waals surface area contributed by atoms with E-state index in [1.807, 2.05) is 23.1 Å². The highest BCUT2D eigenvalue weighted by Gasteiger charge is 2.42. The fourth-order valence-corrected chi connectivity index (χ4v) is 2.43. The third-order valence-electron chi connectivity index (χ3n) is 4.43. The van der Waals surface area contributed by atoms with Crippen molar-refractivity contribution < 1.29 is 0 Å². The standard InChI is InChI=1S/C16H21N3/c1-13(16(2)8-9-16)17-12-14-6-3-4-7-15(14)19-11-5-10-18-19/h3-7,10-11,13,17H,8-9,12H2,1-2H3. The van der Waals surface area contributed by atoms with Gasteiger partial charge in [0.1, 0.15) is 0 Å². The highest BCUT2D eigenvalue weighted by Crippen LogP contribution is 2.47. The normalized spacial score (nSPS) is 18.2. The van der Waals surface area contributed by atoms with Crippen molar-refractivity contribution >= 4 is 0 Å². The summed E-state index contributed by atoms with van der Waals surface area (Å²) in [6.07, 6.45) is 6.51. The van der Waals surface area contributed by atoms with Crippen molar-refractivity contribution in [2.75, 3.05) is 0 Å². The Morgan fingerprint density at radius 3 is 2.79 bits per heavy atom. The van der Waals surface area contributed by atoms with E-state index < -0.39 is 0 Å². The molecule has 1 fully saturated rings. The average molecular weight is 255 g/mol. The van der Waals surface area contributed by atoms with Crippen LogP contribution in [0.3, 0.4) is 0 Å². The van der Waals surface area contributed by atoms with Crippen LogP contribution < -0.4 is 5.32 Å². The maximum Gasteiger partial charge on any atom is 0.0690 e. The first-order valence-electron chi connectivity index (χ1n) is 7.00.